The number of para-hydroxylation sites is 1. The van der Waals surface area contributed by atoms with Crippen molar-refractivity contribution in [3.63, 3.8) is 0 Å². The zero-order valence-corrected chi connectivity index (χ0v) is 18.9. The Morgan fingerprint density at radius 2 is 1.51 bits per heavy atom. The summed E-state index contributed by atoms with van der Waals surface area (Å²) >= 11 is 0. The molecule has 0 amide bonds. The fourth-order valence-corrected chi connectivity index (χ4v) is 3.41. The normalized spacial score (nSPS) is 21.1. The molecule has 0 radical (unpaired) electrons. The number of ether oxygens (including phenoxy) is 5. The highest BCUT2D eigenvalue weighted by molar-refractivity contribution is 5.72. The lowest BCUT2D eigenvalue weighted by Crippen LogP contribution is -2.47. The third-order valence-corrected chi connectivity index (χ3v) is 4.76. The lowest BCUT2D eigenvalue weighted by atomic mass is 10.1. The van der Waals surface area contributed by atoms with E-state index >= 15 is 0 Å². The monoisotopic (exact) mass is 490 g/mol. The van der Waals surface area contributed by atoms with E-state index in [0.29, 0.717) is 0 Å². The SMILES string of the molecule is CC(=O)OC[C@H]1O[C@@H](n2ccc(=O)n(C(=O)Oc3ccccc3)c2=O)[C@H](OC(C)=O)[C@@H]1OC(C)=O. The molecule has 1 fully saturated rings. The van der Waals surface area contributed by atoms with Gasteiger partial charge < -0.3 is 23.7 Å². The Labute approximate surface area is 197 Å². The highest BCUT2D eigenvalue weighted by Gasteiger charge is 2.51. The molecule has 0 N–H and O–H groups in total. The van der Waals surface area contributed by atoms with Crippen LogP contribution in [0, 0.1) is 0 Å². The quantitative estimate of drug-likeness (QED) is 0.407. The van der Waals surface area contributed by atoms with Crippen LogP contribution in [0.4, 0.5) is 4.79 Å². The summed E-state index contributed by atoms with van der Waals surface area (Å²) in [5, 5.41) is 0. The van der Waals surface area contributed by atoms with Gasteiger partial charge in [-0.3, -0.25) is 23.7 Å². The average molecular weight is 490 g/mol. The van der Waals surface area contributed by atoms with Crippen molar-refractivity contribution in [2.75, 3.05) is 6.61 Å². The maximum atomic E-state index is 13.2. The first-order chi connectivity index (χ1) is 16.6. The summed E-state index contributed by atoms with van der Waals surface area (Å²) in [5.74, 6) is -2.12. The summed E-state index contributed by atoms with van der Waals surface area (Å²) in [6.07, 6.45) is -5.50. The van der Waals surface area contributed by atoms with E-state index in [1.54, 1.807) is 18.2 Å². The molecule has 13 nitrogen and oxygen atoms in total. The van der Waals surface area contributed by atoms with Gasteiger partial charge in [-0.1, -0.05) is 18.2 Å². The smallest absolute Gasteiger partial charge is 0.430 e. The Balaban J connectivity index is 2.02. The number of benzene rings is 1. The predicted molar refractivity (Wildman–Crippen MR) is 114 cm³/mol. The Bertz CT molecular complexity index is 1230. The van der Waals surface area contributed by atoms with E-state index in [4.69, 9.17) is 23.7 Å². The second-order valence-electron chi connectivity index (χ2n) is 7.38. The number of hydrogen-bond donors (Lipinski definition) is 0. The predicted octanol–water partition coefficient (Wildman–Crippen LogP) is 0.381. The van der Waals surface area contributed by atoms with Gasteiger partial charge in [0, 0.05) is 33.0 Å². The van der Waals surface area contributed by atoms with E-state index in [1.807, 2.05) is 0 Å². The maximum absolute atomic E-state index is 13.2. The molecule has 0 saturated carbocycles. The Morgan fingerprint density at radius 3 is 2.11 bits per heavy atom. The summed E-state index contributed by atoms with van der Waals surface area (Å²) in [5.41, 5.74) is -2.16. The molecule has 35 heavy (non-hydrogen) atoms. The van der Waals surface area contributed by atoms with Crippen molar-refractivity contribution in [2.45, 2.75) is 45.3 Å². The number of carbonyl (C=O) groups excluding carboxylic acids is 4. The molecule has 13 heteroatoms. The Kier molecular flexibility index (Phi) is 7.81. The number of carbonyl (C=O) groups is 4. The molecule has 186 valence electrons. The highest BCUT2D eigenvalue weighted by Crippen LogP contribution is 2.33. The molecule has 1 aliphatic rings. The van der Waals surface area contributed by atoms with Crippen molar-refractivity contribution in [1.29, 1.82) is 0 Å². The van der Waals surface area contributed by atoms with Gasteiger partial charge in [-0.2, -0.15) is 4.57 Å². The average Bonchev–Trinajstić information content (AvgIpc) is 3.08. The van der Waals surface area contributed by atoms with Gasteiger partial charge in [0.05, 0.1) is 0 Å². The lowest BCUT2D eigenvalue weighted by molar-refractivity contribution is -0.166. The molecule has 2 heterocycles. The van der Waals surface area contributed by atoms with Crippen molar-refractivity contribution in [3.8, 4) is 5.75 Å². The van der Waals surface area contributed by atoms with Crippen LogP contribution in [0.3, 0.4) is 0 Å². The van der Waals surface area contributed by atoms with Gasteiger partial charge in [-0.05, 0) is 12.1 Å². The van der Waals surface area contributed by atoms with Crippen molar-refractivity contribution < 1.29 is 42.9 Å². The van der Waals surface area contributed by atoms with E-state index in [0.717, 1.165) is 37.6 Å². The second-order valence-corrected chi connectivity index (χ2v) is 7.38. The van der Waals surface area contributed by atoms with Crippen molar-refractivity contribution >= 4 is 24.0 Å². The fraction of sp³-hybridized carbons (Fsp3) is 0.364. The lowest BCUT2D eigenvalue weighted by Gasteiger charge is -2.24. The molecule has 4 atom stereocenters. The van der Waals surface area contributed by atoms with Crippen LogP contribution < -0.4 is 16.0 Å². The number of hydrogen-bond acceptors (Lipinski definition) is 11. The largest absolute Gasteiger partial charge is 0.463 e. The summed E-state index contributed by atoms with van der Waals surface area (Å²) in [6.45, 7) is 2.94. The van der Waals surface area contributed by atoms with Gasteiger partial charge in [0.2, 0.25) is 0 Å². The first kappa shape index (κ1) is 25.4. The third-order valence-electron chi connectivity index (χ3n) is 4.76. The van der Waals surface area contributed by atoms with Crippen LogP contribution in [0.2, 0.25) is 0 Å². The molecule has 1 saturated heterocycles. The minimum atomic E-state index is -1.45. The van der Waals surface area contributed by atoms with Crippen LogP contribution in [0.5, 0.6) is 5.75 Å². The first-order valence-electron chi connectivity index (χ1n) is 10.3. The molecule has 0 aliphatic carbocycles. The molecule has 1 aromatic carbocycles. The van der Waals surface area contributed by atoms with Gasteiger partial charge in [-0.25, -0.2) is 9.59 Å². The number of rotatable bonds is 6. The summed E-state index contributed by atoms with van der Waals surface area (Å²) in [4.78, 5) is 72.9. The van der Waals surface area contributed by atoms with Gasteiger partial charge in [0.1, 0.15) is 18.5 Å². The van der Waals surface area contributed by atoms with E-state index < -0.39 is 66.4 Å². The van der Waals surface area contributed by atoms with Gasteiger partial charge in [0.25, 0.3) is 5.56 Å². The molecular formula is C22H22N2O11. The molecule has 1 aliphatic heterocycles. The molecule has 3 rings (SSSR count). The van der Waals surface area contributed by atoms with E-state index in [2.05, 4.69) is 0 Å². The van der Waals surface area contributed by atoms with Gasteiger partial charge in [0.15, 0.2) is 18.4 Å². The zero-order chi connectivity index (χ0) is 25.7. The van der Waals surface area contributed by atoms with Crippen molar-refractivity contribution in [3.05, 3.63) is 63.4 Å². The topological polar surface area (TPSA) is 158 Å². The minimum Gasteiger partial charge on any atom is -0.463 e. The number of nitrogens with zero attached hydrogens (tertiary/aromatic N) is 2. The molecule has 0 bridgehead atoms. The standard InChI is InChI=1S/C22H22N2O11/c1-12(25)31-11-16-18(32-13(2)26)19(33-14(3)27)20(35-16)23-10-9-17(28)24(21(23)29)22(30)34-15-7-5-4-6-8-15/h4-10,16,18-20H,11H2,1-3H3/t16-,18-,19-,20-/m1/s1. The van der Waals surface area contributed by atoms with Crippen LogP contribution in [0.25, 0.3) is 0 Å². The fourth-order valence-electron chi connectivity index (χ4n) is 3.41. The van der Waals surface area contributed by atoms with Crippen molar-refractivity contribution in [2.24, 2.45) is 0 Å². The van der Waals surface area contributed by atoms with E-state index in [9.17, 15) is 28.8 Å². The molecular weight excluding hydrogens is 468 g/mol. The Morgan fingerprint density at radius 1 is 0.886 bits per heavy atom. The van der Waals surface area contributed by atoms with Gasteiger partial charge in [-0.15, -0.1) is 0 Å². The number of esters is 3. The summed E-state index contributed by atoms with van der Waals surface area (Å²) in [7, 11) is 0. The van der Waals surface area contributed by atoms with Gasteiger partial charge >= 0.3 is 29.7 Å². The minimum absolute atomic E-state index is 0.0884. The highest BCUT2D eigenvalue weighted by atomic mass is 16.7. The Hall–Kier alpha value is -4.26. The molecule has 1 aromatic heterocycles. The van der Waals surface area contributed by atoms with Crippen LogP contribution in [0.15, 0.2) is 52.2 Å². The molecule has 0 spiro atoms. The van der Waals surface area contributed by atoms with Crippen LogP contribution in [0.1, 0.15) is 27.0 Å². The van der Waals surface area contributed by atoms with E-state index in [1.165, 1.54) is 12.1 Å². The van der Waals surface area contributed by atoms with Crippen LogP contribution in [-0.4, -0.2) is 58.1 Å². The van der Waals surface area contributed by atoms with Crippen molar-refractivity contribution in [1.82, 2.24) is 9.13 Å². The summed E-state index contributed by atoms with van der Waals surface area (Å²) < 4.78 is 27.3. The maximum Gasteiger partial charge on any atom is 0.430 e. The van der Waals surface area contributed by atoms with E-state index in [-0.39, 0.29) is 10.3 Å². The molecule has 2 aromatic rings. The summed E-state index contributed by atoms with van der Waals surface area (Å²) in [6, 6.07) is 8.65. The zero-order valence-electron chi connectivity index (χ0n) is 18.9. The molecule has 0 unspecified atom stereocenters. The van der Waals surface area contributed by atoms with Crippen LogP contribution >= 0.6 is 0 Å². The second kappa shape index (κ2) is 10.8. The first-order valence-corrected chi connectivity index (χ1v) is 10.3. The number of aromatic nitrogens is 2. The third kappa shape index (κ3) is 6.00. The van der Waals surface area contributed by atoms with Crippen LogP contribution in [-0.2, 0) is 33.3 Å².